The molecule has 1 fully saturated rings. The number of carbonyl (C=O) groups is 1. The molecule has 0 unspecified atom stereocenters. The number of aromatic nitrogens is 2. The molecule has 0 spiro atoms. The van der Waals surface area contributed by atoms with Crippen molar-refractivity contribution < 1.29 is 9.90 Å². The first-order valence-corrected chi connectivity index (χ1v) is 7.36. The summed E-state index contributed by atoms with van der Waals surface area (Å²) in [4.78, 5) is 11.4. The molecule has 6 heteroatoms. The highest BCUT2D eigenvalue weighted by atomic mass is 16.3. The van der Waals surface area contributed by atoms with Gasteiger partial charge in [-0.2, -0.15) is 0 Å². The zero-order chi connectivity index (χ0) is 15.5. The summed E-state index contributed by atoms with van der Waals surface area (Å²) in [6, 6.07) is 3.32. The van der Waals surface area contributed by atoms with E-state index in [1.54, 1.807) is 19.2 Å². The molecule has 1 aromatic heterocycles. The van der Waals surface area contributed by atoms with E-state index >= 15 is 0 Å². The second-order valence-corrected chi connectivity index (χ2v) is 6.63. The molecule has 0 bridgehead atoms. The summed E-state index contributed by atoms with van der Waals surface area (Å²) in [5.74, 6) is 0.308. The molecule has 0 atom stereocenters. The molecule has 2 rings (SSSR count). The number of anilines is 1. The summed E-state index contributed by atoms with van der Waals surface area (Å²) in [6.45, 7) is 4.93. The number of carbonyl (C=O) groups excluding carboxylic acids is 1. The van der Waals surface area contributed by atoms with E-state index in [2.05, 4.69) is 34.7 Å². The predicted molar refractivity (Wildman–Crippen MR) is 81.1 cm³/mol. The van der Waals surface area contributed by atoms with E-state index in [0.29, 0.717) is 17.8 Å². The van der Waals surface area contributed by atoms with Crippen molar-refractivity contribution in [3.63, 3.8) is 0 Å². The smallest absolute Gasteiger partial charge is 0.271 e. The lowest BCUT2D eigenvalue weighted by atomic mass is 9.71. The summed E-state index contributed by atoms with van der Waals surface area (Å²) in [5, 5.41) is 24.0. The third-order valence-electron chi connectivity index (χ3n) is 4.26. The van der Waals surface area contributed by atoms with Gasteiger partial charge in [-0.25, -0.2) is 0 Å². The molecular formula is C15H24N4O2. The van der Waals surface area contributed by atoms with Crippen molar-refractivity contribution in [2.75, 3.05) is 18.9 Å². The maximum Gasteiger partial charge on any atom is 0.271 e. The normalized spacial score (nSPS) is 19.8. The zero-order valence-electron chi connectivity index (χ0n) is 12.9. The highest BCUT2D eigenvalue weighted by molar-refractivity contribution is 5.91. The minimum absolute atomic E-state index is 0.262. The van der Waals surface area contributed by atoms with E-state index in [4.69, 9.17) is 0 Å². The number of amides is 1. The van der Waals surface area contributed by atoms with Crippen LogP contribution in [0.1, 0.15) is 50.0 Å². The van der Waals surface area contributed by atoms with Gasteiger partial charge in [0.05, 0.1) is 5.60 Å². The molecule has 3 N–H and O–H groups in total. The van der Waals surface area contributed by atoms with Gasteiger partial charge in [-0.1, -0.05) is 13.8 Å². The number of rotatable bonds is 4. The van der Waals surface area contributed by atoms with E-state index in [-0.39, 0.29) is 11.6 Å². The lowest BCUT2D eigenvalue weighted by Crippen LogP contribution is -2.42. The minimum Gasteiger partial charge on any atom is -0.388 e. The van der Waals surface area contributed by atoms with Crippen LogP contribution >= 0.6 is 0 Å². The van der Waals surface area contributed by atoms with Crippen molar-refractivity contribution in [3.8, 4) is 0 Å². The second kappa shape index (κ2) is 5.97. The van der Waals surface area contributed by atoms with Crippen LogP contribution in [0.15, 0.2) is 12.1 Å². The number of hydrogen-bond acceptors (Lipinski definition) is 5. The average Bonchev–Trinajstić information content (AvgIpc) is 2.49. The van der Waals surface area contributed by atoms with E-state index in [0.717, 1.165) is 25.7 Å². The zero-order valence-corrected chi connectivity index (χ0v) is 12.9. The summed E-state index contributed by atoms with van der Waals surface area (Å²) >= 11 is 0. The summed E-state index contributed by atoms with van der Waals surface area (Å²) in [6.07, 6.45) is 3.62. The fourth-order valence-electron chi connectivity index (χ4n) is 2.50. The minimum atomic E-state index is -0.684. The Bertz CT molecular complexity index is 489. The van der Waals surface area contributed by atoms with Gasteiger partial charge in [0, 0.05) is 13.6 Å². The quantitative estimate of drug-likeness (QED) is 0.784. The first-order chi connectivity index (χ1) is 9.84. The van der Waals surface area contributed by atoms with Crippen molar-refractivity contribution in [3.05, 3.63) is 17.8 Å². The van der Waals surface area contributed by atoms with Crippen LogP contribution in [0.2, 0.25) is 0 Å². The number of hydrogen-bond donors (Lipinski definition) is 3. The van der Waals surface area contributed by atoms with Crippen LogP contribution in [-0.4, -0.2) is 40.4 Å². The average molecular weight is 292 g/mol. The van der Waals surface area contributed by atoms with Crippen LogP contribution in [0, 0.1) is 5.41 Å². The number of nitrogens with one attached hydrogen (secondary N) is 2. The monoisotopic (exact) mass is 292 g/mol. The molecule has 1 saturated carbocycles. The molecule has 1 aliphatic carbocycles. The summed E-state index contributed by atoms with van der Waals surface area (Å²) in [7, 11) is 1.55. The molecule has 1 aliphatic rings. The molecule has 1 heterocycles. The first-order valence-electron chi connectivity index (χ1n) is 7.36. The van der Waals surface area contributed by atoms with Crippen molar-refractivity contribution >= 4 is 11.7 Å². The Kier molecular flexibility index (Phi) is 4.46. The van der Waals surface area contributed by atoms with Crippen LogP contribution < -0.4 is 10.6 Å². The van der Waals surface area contributed by atoms with Gasteiger partial charge in [0.1, 0.15) is 5.82 Å². The van der Waals surface area contributed by atoms with E-state index in [1.807, 2.05) is 0 Å². The van der Waals surface area contributed by atoms with Crippen molar-refractivity contribution in [1.82, 2.24) is 15.5 Å². The molecule has 1 aromatic rings. The Morgan fingerprint density at radius 2 is 1.90 bits per heavy atom. The number of aliphatic hydroxyl groups is 1. The third kappa shape index (κ3) is 4.14. The predicted octanol–water partition coefficient (Wildman–Crippen LogP) is 1.58. The van der Waals surface area contributed by atoms with Crippen molar-refractivity contribution in [2.45, 2.75) is 45.1 Å². The first kappa shape index (κ1) is 15.7. The molecule has 0 radical (unpaired) electrons. The Morgan fingerprint density at radius 3 is 2.43 bits per heavy atom. The Labute approximate surface area is 125 Å². The fraction of sp³-hybridized carbons (Fsp3) is 0.667. The Morgan fingerprint density at radius 1 is 1.24 bits per heavy atom. The molecule has 116 valence electrons. The molecule has 0 saturated heterocycles. The molecular weight excluding hydrogens is 268 g/mol. The summed E-state index contributed by atoms with van der Waals surface area (Å²) in [5.41, 5.74) is -0.0844. The molecule has 6 nitrogen and oxygen atoms in total. The highest BCUT2D eigenvalue weighted by Gasteiger charge is 2.36. The lowest BCUT2D eigenvalue weighted by molar-refractivity contribution is -0.0146. The highest BCUT2D eigenvalue weighted by Crippen LogP contribution is 2.40. The Balaban J connectivity index is 1.90. The Hall–Kier alpha value is -1.69. The van der Waals surface area contributed by atoms with Gasteiger partial charge in [-0.3, -0.25) is 4.79 Å². The lowest BCUT2D eigenvalue weighted by Gasteiger charge is -2.40. The van der Waals surface area contributed by atoms with Gasteiger partial charge in [0.2, 0.25) is 0 Å². The second-order valence-electron chi connectivity index (χ2n) is 6.63. The SMILES string of the molecule is CNC(=O)c1ccc(NCC2(O)CCC(C)(C)CC2)nn1. The fourth-order valence-corrected chi connectivity index (χ4v) is 2.50. The van der Waals surface area contributed by atoms with Gasteiger partial charge >= 0.3 is 0 Å². The van der Waals surface area contributed by atoms with E-state index in [9.17, 15) is 9.90 Å². The van der Waals surface area contributed by atoms with Crippen LogP contribution in [0.4, 0.5) is 5.82 Å². The van der Waals surface area contributed by atoms with Gasteiger partial charge in [-0.05, 0) is 43.2 Å². The van der Waals surface area contributed by atoms with Crippen molar-refractivity contribution in [1.29, 1.82) is 0 Å². The van der Waals surface area contributed by atoms with Crippen molar-refractivity contribution in [2.24, 2.45) is 5.41 Å². The molecule has 21 heavy (non-hydrogen) atoms. The standard InChI is InChI=1S/C15H24N4O2/c1-14(2)6-8-15(21,9-7-14)10-17-12-5-4-11(18-19-12)13(20)16-3/h4-5,21H,6-10H2,1-3H3,(H,16,20)(H,17,19). The van der Waals surface area contributed by atoms with Gasteiger partial charge in [0.15, 0.2) is 5.69 Å². The van der Waals surface area contributed by atoms with E-state index < -0.39 is 5.60 Å². The van der Waals surface area contributed by atoms with Gasteiger partial charge in [0.25, 0.3) is 5.91 Å². The van der Waals surface area contributed by atoms with Crippen LogP contribution in [-0.2, 0) is 0 Å². The van der Waals surface area contributed by atoms with Crippen LogP contribution in [0.25, 0.3) is 0 Å². The van der Waals surface area contributed by atoms with Gasteiger partial charge < -0.3 is 15.7 Å². The number of nitrogens with zero attached hydrogens (tertiary/aromatic N) is 2. The maximum atomic E-state index is 11.4. The van der Waals surface area contributed by atoms with E-state index in [1.165, 1.54) is 0 Å². The molecule has 0 aromatic carbocycles. The van der Waals surface area contributed by atoms with Crippen LogP contribution in [0.5, 0.6) is 0 Å². The maximum absolute atomic E-state index is 11.4. The van der Waals surface area contributed by atoms with Gasteiger partial charge in [-0.15, -0.1) is 10.2 Å². The third-order valence-corrected chi connectivity index (χ3v) is 4.26. The summed E-state index contributed by atoms with van der Waals surface area (Å²) < 4.78 is 0. The molecule has 1 amide bonds. The van der Waals surface area contributed by atoms with Crippen LogP contribution in [0.3, 0.4) is 0 Å². The molecule has 0 aliphatic heterocycles. The topological polar surface area (TPSA) is 87.1 Å². The largest absolute Gasteiger partial charge is 0.388 e.